The highest BCUT2D eigenvalue weighted by Gasteiger charge is 2.30. The molecule has 1 fully saturated rings. The van der Waals surface area contributed by atoms with Crippen molar-refractivity contribution in [2.45, 2.75) is 59.0 Å². The van der Waals surface area contributed by atoms with Gasteiger partial charge in [0.15, 0.2) is 0 Å². The van der Waals surface area contributed by atoms with Crippen molar-refractivity contribution in [3.8, 4) is 0 Å². The molecule has 2 aliphatic rings. The van der Waals surface area contributed by atoms with E-state index in [-0.39, 0.29) is 0 Å². The van der Waals surface area contributed by atoms with Crippen LogP contribution in [0.15, 0.2) is 11.7 Å². The van der Waals surface area contributed by atoms with Crippen LogP contribution in [0, 0.1) is 12.8 Å². The second-order valence-electron chi connectivity index (χ2n) is 8.08. The van der Waals surface area contributed by atoms with Gasteiger partial charge in [-0.25, -0.2) is 15.0 Å². The van der Waals surface area contributed by atoms with Gasteiger partial charge in [-0.2, -0.15) is 0 Å². The first-order valence-electron chi connectivity index (χ1n) is 9.64. The van der Waals surface area contributed by atoms with Crippen LogP contribution in [0.4, 0.5) is 5.82 Å². The number of anilines is 1. The van der Waals surface area contributed by atoms with E-state index < -0.39 is 0 Å². The Morgan fingerprint density at radius 3 is 2.88 bits per heavy atom. The van der Waals surface area contributed by atoms with Crippen LogP contribution in [-0.2, 0) is 19.4 Å². The zero-order valence-electron chi connectivity index (χ0n) is 15.7. The fraction of sp³-hybridized carbons (Fsp3) is 0.550. The van der Waals surface area contributed by atoms with Gasteiger partial charge in [-0.3, -0.25) is 0 Å². The number of hydrogen-bond acceptors (Lipinski definition) is 5. The van der Waals surface area contributed by atoms with Crippen LogP contribution in [-0.4, -0.2) is 26.1 Å². The lowest BCUT2D eigenvalue weighted by molar-refractivity contribution is 0.637. The van der Waals surface area contributed by atoms with Gasteiger partial charge in [-0.05, 0) is 43.0 Å². The topological polar surface area (TPSA) is 46.8 Å². The van der Waals surface area contributed by atoms with Gasteiger partial charge >= 0.3 is 0 Å². The number of fused-ring (bicyclic) bond motifs is 2. The molecule has 1 aliphatic carbocycles. The highest BCUT2D eigenvalue weighted by molar-refractivity contribution is 7.17. The van der Waals surface area contributed by atoms with Crippen LogP contribution in [0.25, 0.3) is 10.2 Å². The molecule has 1 aliphatic heterocycles. The molecule has 3 aromatic rings. The van der Waals surface area contributed by atoms with E-state index in [0.717, 1.165) is 42.4 Å². The van der Waals surface area contributed by atoms with Crippen molar-refractivity contribution < 1.29 is 0 Å². The van der Waals surface area contributed by atoms with Crippen molar-refractivity contribution in [2.24, 2.45) is 5.92 Å². The van der Waals surface area contributed by atoms with E-state index in [1.165, 1.54) is 35.2 Å². The van der Waals surface area contributed by atoms with Crippen LogP contribution in [0.3, 0.4) is 0 Å². The highest BCUT2D eigenvalue weighted by atomic mass is 32.1. The molecule has 0 spiro atoms. The largest absolute Gasteiger partial charge is 0.350 e. The smallest absolute Gasteiger partial charge is 0.141 e. The minimum Gasteiger partial charge on any atom is -0.350 e. The Kier molecular flexibility index (Phi) is 3.78. The van der Waals surface area contributed by atoms with E-state index in [9.17, 15) is 0 Å². The number of aryl methyl sites for hydroxylation is 1. The zero-order valence-corrected chi connectivity index (χ0v) is 16.5. The first-order valence-corrected chi connectivity index (χ1v) is 10.5. The van der Waals surface area contributed by atoms with Gasteiger partial charge in [0.25, 0.3) is 0 Å². The summed E-state index contributed by atoms with van der Waals surface area (Å²) >= 11 is 1.75. The van der Waals surface area contributed by atoms with Crippen molar-refractivity contribution in [1.82, 2.24) is 19.5 Å². The summed E-state index contributed by atoms with van der Waals surface area (Å²) in [5, 5.41) is 3.54. The van der Waals surface area contributed by atoms with Gasteiger partial charge < -0.3 is 9.47 Å². The molecule has 0 amide bonds. The molecule has 5 rings (SSSR count). The molecule has 0 bridgehead atoms. The van der Waals surface area contributed by atoms with Crippen molar-refractivity contribution in [2.75, 3.05) is 11.4 Å². The van der Waals surface area contributed by atoms with E-state index in [1.54, 1.807) is 11.3 Å². The molecule has 0 saturated heterocycles. The number of rotatable bonds is 4. The van der Waals surface area contributed by atoms with Crippen LogP contribution < -0.4 is 4.90 Å². The lowest BCUT2D eigenvalue weighted by atomic mass is 10.0. The van der Waals surface area contributed by atoms with Crippen LogP contribution in [0.1, 0.15) is 55.5 Å². The Labute approximate surface area is 158 Å². The Morgan fingerprint density at radius 2 is 2.12 bits per heavy atom. The summed E-state index contributed by atoms with van der Waals surface area (Å²) in [7, 11) is 0. The molecular weight excluding hydrogens is 342 g/mol. The molecule has 0 atom stereocenters. The van der Waals surface area contributed by atoms with E-state index in [2.05, 4.69) is 35.0 Å². The van der Waals surface area contributed by atoms with E-state index in [1.807, 2.05) is 6.92 Å². The molecule has 6 heteroatoms. The molecule has 0 unspecified atom stereocenters. The normalized spacial score (nSPS) is 17.3. The van der Waals surface area contributed by atoms with E-state index in [4.69, 9.17) is 15.0 Å². The number of thiophene rings is 1. The van der Waals surface area contributed by atoms with E-state index in [0.29, 0.717) is 12.0 Å². The van der Waals surface area contributed by atoms with Crippen LogP contribution >= 0.6 is 11.3 Å². The Bertz CT molecular complexity index is 966. The highest BCUT2D eigenvalue weighted by Crippen LogP contribution is 2.39. The standard InChI is InChI=1S/C20H25N5S/c1-12(2)8-14-10-26-20-18(14)19(22-13(3)23-20)24-7-6-17-16(9-24)21-11-25(17)15-4-5-15/h10-12,15H,4-9H2,1-3H3. The summed E-state index contributed by atoms with van der Waals surface area (Å²) in [6.45, 7) is 8.42. The summed E-state index contributed by atoms with van der Waals surface area (Å²) in [6, 6.07) is 0.709. The summed E-state index contributed by atoms with van der Waals surface area (Å²) in [5.74, 6) is 2.60. The van der Waals surface area contributed by atoms with Gasteiger partial charge in [0, 0.05) is 24.7 Å². The third-order valence-electron chi connectivity index (χ3n) is 5.41. The van der Waals surface area contributed by atoms with Gasteiger partial charge in [-0.15, -0.1) is 11.3 Å². The quantitative estimate of drug-likeness (QED) is 0.690. The Hall–Kier alpha value is -1.95. The summed E-state index contributed by atoms with van der Waals surface area (Å²) in [4.78, 5) is 17.9. The zero-order chi connectivity index (χ0) is 17.8. The SMILES string of the molecule is Cc1nc(N2CCc3c(ncn3C3CC3)C2)c2c(CC(C)C)csc2n1. The molecule has 136 valence electrons. The maximum absolute atomic E-state index is 4.88. The number of nitrogens with zero attached hydrogens (tertiary/aromatic N) is 5. The summed E-state index contributed by atoms with van der Waals surface area (Å²) in [5.41, 5.74) is 4.07. The third-order valence-corrected chi connectivity index (χ3v) is 6.33. The molecule has 5 nitrogen and oxygen atoms in total. The maximum atomic E-state index is 4.88. The van der Waals surface area contributed by atoms with Gasteiger partial charge in [0.05, 0.1) is 24.0 Å². The van der Waals surface area contributed by atoms with Gasteiger partial charge in [-0.1, -0.05) is 13.8 Å². The summed E-state index contributed by atoms with van der Waals surface area (Å²) in [6.07, 6.45) is 6.81. The van der Waals surface area contributed by atoms with Crippen LogP contribution in [0.5, 0.6) is 0 Å². The molecule has 0 radical (unpaired) electrons. The van der Waals surface area contributed by atoms with Crippen molar-refractivity contribution in [3.05, 3.63) is 34.5 Å². The van der Waals surface area contributed by atoms with Gasteiger partial charge in [0.1, 0.15) is 16.5 Å². The average molecular weight is 368 g/mol. The average Bonchev–Trinajstić information content (AvgIpc) is 3.25. The monoisotopic (exact) mass is 367 g/mol. The molecule has 0 N–H and O–H groups in total. The minimum absolute atomic E-state index is 0.629. The first kappa shape index (κ1) is 16.2. The molecule has 1 saturated carbocycles. The second kappa shape index (κ2) is 6.05. The molecule has 0 aromatic carbocycles. The van der Waals surface area contributed by atoms with Crippen molar-refractivity contribution in [1.29, 1.82) is 0 Å². The number of imidazole rings is 1. The molecular formula is C20H25N5S. The minimum atomic E-state index is 0.629. The van der Waals surface area contributed by atoms with Crippen molar-refractivity contribution >= 4 is 27.4 Å². The lowest BCUT2D eigenvalue weighted by Gasteiger charge is -2.29. The van der Waals surface area contributed by atoms with Crippen molar-refractivity contribution in [3.63, 3.8) is 0 Å². The van der Waals surface area contributed by atoms with Crippen LogP contribution in [0.2, 0.25) is 0 Å². The predicted octanol–water partition coefficient (Wildman–Crippen LogP) is 4.29. The fourth-order valence-electron chi connectivity index (χ4n) is 4.08. The predicted molar refractivity (Wildman–Crippen MR) is 106 cm³/mol. The maximum Gasteiger partial charge on any atom is 0.141 e. The third kappa shape index (κ3) is 2.71. The van der Waals surface area contributed by atoms with Gasteiger partial charge in [0.2, 0.25) is 0 Å². The second-order valence-corrected chi connectivity index (χ2v) is 8.94. The molecule has 26 heavy (non-hydrogen) atoms. The lowest BCUT2D eigenvalue weighted by Crippen LogP contribution is -2.32. The van der Waals surface area contributed by atoms with E-state index >= 15 is 0 Å². The molecule has 3 aromatic heterocycles. The Balaban J connectivity index is 1.54. The Morgan fingerprint density at radius 1 is 1.27 bits per heavy atom. The fourth-order valence-corrected chi connectivity index (χ4v) is 5.08. The summed E-state index contributed by atoms with van der Waals surface area (Å²) < 4.78 is 2.42. The number of aromatic nitrogens is 4. The molecule has 4 heterocycles. The first-order chi connectivity index (χ1) is 12.6. The number of hydrogen-bond donors (Lipinski definition) is 0.